The Kier molecular flexibility index (Phi) is 3.64. The highest BCUT2D eigenvalue weighted by Gasteiger charge is 2.20. The summed E-state index contributed by atoms with van der Waals surface area (Å²) in [5, 5.41) is 3.17. The van der Waals surface area contributed by atoms with Gasteiger partial charge in [0.2, 0.25) is 0 Å². The van der Waals surface area contributed by atoms with Crippen LogP contribution in [0.25, 0.3) is 98.8 Å². The minimum absolute atomic E-state index is 0.0382. The van der Waals surface area contributed by atoms with Gasteiger partial charge >= 0.3 is 0 Å². The highest BCUT2D eigenvalue weighted by Crippen LogP contribution is 2.47. The van der Waals surface area contributed by atoms with E-state index in [-0.39, 0.29) is 45.1 Å². The Balaban J connectivity index is 1.28. The first kappa shape index (κ1) is 16.1. The van der Waals surface area contributed by atoms with Gasteiger partial charge in [0.05, 0.1) is 21.9 Å². The van der Waals surface area contributed by atoms with Crippen LogP contribution in [0.1, 0.15) is 21.9 Å². The van der Waals surface area contributed by atoms with Crippen molar-refractivity contribution in [3.63, 3.8) is 0 Å². The van der Waals surface area contributed by atoms with Crippen LogP contribution >= 0.6 is 0 Å². The molecular weight excluding hydrogens is 593 g/mol. The molecule has 0 N–H and O–H groups in total. The van der Waals surface area contributed by atoms with Crippen molar-refractivity contribution in [2.75, 3.05) is 0 Å². The van der Waals surface area contributed by atoms with Gasteiger partial charge in [-0.2, -0.15) is 0 Å². The molecule has 0 radical (unpaired) electrons. The summed E-state index contributed by atoms with van der Waals surface area (Å²) < 4.78 is 146. The predicted octanol–water partition coefficient (Wildman–Crippen LogP) is 13.7. The summed E-state index contributed by atoms with van der Waals surface area (Å²) in [5.74, 6) is 0. The molecular formula is C48H30O. The van der Waals surface area contributed by atoms with Gasteiger partial charge in [0, 0.05) is 10.8 Å². The number of benzene rings is 9. The summed E-state index contributed by atoms with van der Waals surface area (Å²) in [6, 6.07) is 16.5. The Morgan fingerprint density at radius 2 is 1.04 bits per heavy atom. The van der Waals surface area contributed by atoms with E-state index in [1.807, 2.05) is 48.5 Å². The van der Waals surface area contributed by atoms with Crippen molar-refractivity contribution in [3.8, 4) is 44.5 Å². The van der Waals surface area contributed by atoms with Crippen LogP contribution in [0.5, 0.6) is 0 Å². The summed E-state index contributed by atoms with van der Waals surface area (Å²) in [6.07, 6.45) is 0. The van der Waals surface area contributed by atoms with Crippen LogP contribution in [0.3, 0.4) is 0 Å². The minimum Gasteiger partial charge on any atom is -0.456 e. The third-order valence-corrected chi connectivity index (χ3v) is 8.92. The number of hydrogen-bond donors (Lipinski definition) is 0. The average Bonchev–Trinajstić information content (AvgIpc) is 3.69. The van der Waals surface area contributed by atoms with Crippen molar-refractivity contribution in [3.05, 3.63) is 182 Å². The summed E-state index contributed by atoms with van der Waals surface area (Å²) in [4.78, 5) is 0. The smallest absolute Gasteiger partial charge is 0.136 e. The first-order valence-electron chi connectivity index (χ1n) is 23.5. The third-order valence-electron chi connectivity index (χ3n) is 8.92. The second-order valence-corrected chi connectivity index (χ2v) is 11.6. The van der Waals surface area contributed by atoms with E-state index in [2.05, 4.69) is 0 Å². The van der Waals surface area contributed by atoms with E-state index < -0.39 is 84.6 Å². The number of furan rings is 1. The van der Waals surface area contributed by atoms with E-state index in [0.717, 1.165) is 16.5 Å². The van der Waals surface area contributed by atoms with Crippen LogP contribution in [-0.4, -0.2) is 0 Å². The number of hydrogen-bond acceptors (Lipinski definition) is 1. The zero-order valence-electron chi connectivity index (χ0n) is 41.5. The lowest BCUT2D eigenvalue weighted by atomic mass is 9.84. The molecule has 1 nitrogen and oxygen atoms in total. The van der Waals surface area contributed by atoms with Crippen LogP contribution in [0.15, 0.2) is 186 Å². The van der Waals surface area contributed by atoms with E-state index in [0.29, 0.717) is 49.2 Å². The van der Waals surface area contributed by atoms with Crippen molar-refractivity contribution in [2.24, 2.45) is 0 Å². The fourth-order valence-electron chi connectivity index (χ4n) is 6.87. The van der Waals surface area contributed by atoms with Crippen molar-refractivity contribution in [1.29, 1.82) is 0 Å². The maximum Gasteiger partial charge on any atom is 0.136 e. The molecule has 228 valence electrons. The molecule has 0 fully saturated rings. The summed E-state index contributed by atoms with van der Waals surface area (Å²) in [7, 11) is 0. The van der Waals surface area contributed by atoms with Gasteiger partial charge in [-0.1, -0.05) is 157 Å². The van der Waals surface area contributed by atoms with E-state index in [4.69, 9.17) is 23.6 Å². The predicted molar refractivity (Wildman–Crippen MR) is 208 cm³/mol. The highest BCUT2D eigenvalue weighted by molar-refractivity contribution is 6.25. The number of rotatable bonds is 4. The fraction of sp³-hybridized carbons (Fsp3) is 0. The van der Waals surface area contributed by atoms with E-state index in [1.165, 1.54) is 0 Å². The summed E-state index contributed by atoms with van der Waals surface area (Å²) in [6.45, 7) is 0. The molecule has 1 aromatic heterocycles. The van der Waals surface area contributed by atoms with Gasteiger partial charge in [0.15, 0.2) is 0 Å². The van der Waals surface area contributed by atoms with Gasteiger partial charge in [0.25, 0.3) is 0 Å². The first-order chi connectivity index (χ1) is 31.0. The molecule has 0 unspecified atom stereocenters. The second-order valence-electron chi connectivity index (χ2n) is 11.6. The standard InChI is InChI=1S/C48H30O/c1-2-13-31(14-3-1)33-27-28-42-45(30-33)49-44-26-12-25-43(48(42)44)47-40-22-8-6-20-38(40)46(39-21-7-9-23-41(39)47)35-18-10-17-34(29-35)37-24-11-16-32-15-4-5-19-36(32)37/h1-30H/i1D,2D,3D,4D,5D,10D,11D,13D,14D,15D,16D,17D,18D,19D,24D,29D. The van der Waals surface area contributed by atoms with Gasteiger partial charge in [0.1, 0.15) is 11.2 Å². The molecule has 10 rings (SSSR count). The molecule has 1 heteroatoms. The van der Waals surface area contributed by atoms with Gasteiger partial charge in [-0.15, -0.1) is 0 Å². The maximum atomic E-state index is 9.83. The minimum atomic E-state index is -0.689. The molecule has 0 amide bonds. The molecule has 0 saturated carbocycles. The van der Waals surface area contributed by atoms with Crippen molar-refractivity contribution in [2.45, 2.75) is 0 Å². The Labute approximate surface area is 306 Å². The normalized spacial score (nSPS) is 16.2. The molecule has 0 aliphatic heterocycles. The molecule has 0 aliphatic rings. The van der Waals surface area contributed by atoms with Crippen molar-refractivity contribution < 1.29 is 26.3 Å². The van der Waals surface area contributed by atoms with Crippen LogP contribution in [0.2, 0.25) is 0 Å². The SMILES string of the molecule is [2H]c1c([2H])c([2H])c(-c2ccc3c(c2)oc2cccc(-c4c5ccccc5c(-c5c([2H])c([2H])c([2H])c(-c6c([2H])c([2H])c([2H])c7c([2H])c([2H])c([2H])c([2H])c67)c5[2H])c5ccccc45)c23)c([2H])c1[2H]. The summed E-state index contributed by atoms with van der Waals surface area (Å²) in [5.41, 5.74) is 2.34. The average molecular weight is 639 g/mol. The van der Waals surface area contributed by atoms with Gasteiger partial charge in [-0.25, -0.2) is 0 Å². The lowest BCUT2D eigenvalue weighted by Gasteiger charge is -2.19. The quantitative estimate of drug-likeness (QED) is 0.175. The van der Waals surface area contributed by atoms with Crippen LogP contribution in [0.4, 0.5) is 0 Å². The molecule has 0 aliphatic carbocycles. The molecule has 10 aromatic rings. The Morgan fingerprint density at radius 3 is 1.84 bits per heavy atom. The van der Waals surface area contributed by atoms with Gasteiger partial charge < -0.3 is 4.42 Å². The van der Waals surface area contributed by atoms with E-state index in [9.17, 15) is 2.74 Å². The molecule has 9 aromatic carbocycles. The first-order valence-corrected chi connectivity index (χ1v) is 15.5. The largest absolute Gasteiger partial charge is 0.456 e. The maximum absolute atomic E-state index is 9.83. The lowest BCUT2D eigenvalue weighted by molar-refractivity contribution is 0.669. The van der Waals surface area contributed by atoms with Crippen molar-refractivity contribution in [1.82, 2.24) is 0 Å². The third kappa shape index (κ3) is 4.40. The van der Waals surface area contributed by atoms with Crippen LogP contribution < -0.4 is 0 Å². The molecule has 1 heterocycles. The fourth-order valence-corrected chi connectivity index (χ4v) is 6.87. The Morgan fingerprint density at radius 1 is 0.388 bits per heavy atom. The van der Waals surface area contributed by atoms with E-state index >= 15 is 0 Å². The Hall–Kier alpha value is -6.44. The van der Waals surface area contributed by atoms with Gasteiger partial charge in [-0.05, 0) is 101 Å². The molecule has 0 spiro atoms. The van der Waals surface area contributed by atoms with E-state index in [1.54, 1.807) is 36.4 Å². The highest BCUT2D eigenvalue weighted by atomic mass is 16.3. The van der Waals surface area contributed by atoms with Crippen LogP contribution in [0, 0.1) is 0 Å². The van der Waals surface area contributed by atoms with Crippen molar-refractivity contribution >= 4 is 54.3 Å². The molecule has 0 saturated heterocycles. The Bertz CT molecular complexity index is 3710. The lowest BCUT2D eigenvalue weighted by Crippen LogP contribution is -1.91. The topological polar surface area (TPSA) is 13.1 Å². The monoisotopic (exact) mass is 638 g/mol. The molecule has 0 atom stereocenters. The molecule has 49 heavy (non-hydrogen) atoms. The van der Waals surface area contributed by atoms with Gasteiger partial charge in [-0.3, -0.25) is 0 Å². The second kappa shape index (κ2) is 11.1. The number of fused-ring (bicyclic) bond motifs is 6. The summed E-state index contributed by atoms with van der Waals surface area (Å²) >= 11 is 0. The zero-order valence-corrected chi connectivity index (χ0v) is 25.5. The molecule has 0 bridgehead atoms. The van der Waals surface area contributed by atoms with Crippen LogP contribution in [-0.2, 0) is 0 Å². The zero-order chi connectivity index (χ0) is 46.2.